The van der Waals surface area contributed by atoms with Crippen LogP contribution in [0.1, 0.15) is 48.4 Å². The van der Waals surface area contributed by atoms with Gasteiger partial charge in [-0.05, 0) is 50.5 Å². The highest BCUT2D eigenvalue weighted by Crippen LogP contribution is 2.44. The minimum atomic E-state index is -4.67. The molecular formula is C18H18F3N3O5S. The van der Waals surface area contributed by atoms with Crippen LogP contribution in [0, 0.1) is 0 Å². The molecule has 0 bridgehead atoms. The first-order valence-corrected chi connectivity index (χ1v) is 9.96. The van der Waals surface area contributed by atoms with E-state index in [9.17, 15) is 18.0 Å². The molecule has 8 nitrogen and oxygen atoms in total. The number of anilines is 1. The largest absolute Gasteiger partial charge is 0.503 e. The van der Waals surface area contributed by atoms with Gasteiger partial charge in [0.25, 0.3) is 17.6 Å². The van der Waals surface area contributed by atoms with Crippen LogP contribution in [0.3, 0.4) is 0 Å². The number of thiophene rings is 1. The number of aryl methyl sites for hydroxylation is 1. The van der Waals surface area contributed by atoms with Crippen LogP contribution in [0.5, 0.6) is 0 Å². The number of nitrogens with zero attached hydrogens (tertiary/aromatic N) is 2. The van der Waals surface area contributed by atoms with Gasteiger partial charge in [0.15, 0.2) is 0 Å². The molecule has 0 unspecified atom stereocenters. The average Bonchev–Trinajstić information content (AvgIpc) is 3.39. The summed E-state index contributed by atoms with van der Waals surface area (Å²) in [5, 5.41) is 20.4. The Bertz CT molecular complexity index is 976. The van der Waals surface area contributed by atoms with Gasteiger partial charge in [-0.1, -0.05) is 11.2 Å². The molecule has 0 saturated carbocycles. The number of alkyl halides is 3. The van der Waals surface area contributed by atoms with Crippen LogP contribution >= 0.6 is 11.3 Å². The molecule has 12 heteroatoms. The maximum Gasteiger partial charge on any atom is 0.503 e. The van der Waals surface area contributed by atoms with Crippen LogP contribution in [0.15, 0.2) is 16.2 Å². The van der Waals surface area contributed by atoms with Gasteiger partial charge in [0.1, 0.15) is 5.00 Å². The highest BCUT2D eigenvalue weighted by molar-refractivity contribution is 7.17. The van der Waals surface area contributed by atoms with Gasteiger partial charge in [-0.15, -0.1) is 11.3 Å². The molecule has 0 aromatic carbocycles. The van der Waals surface area contributed by atoms with Crippen LogP contribution < -0.4 is 5.32 Å². The zero-order valence-corrected chi connectivity index (χ0v) is 16.4. The number of carboxylic acid groups (broad SMARTS) is 2. The smallest absolute Gasteiger partial charge is 0.450 e. The first-order valence-electron chi connectivity index (χ1n) is 9.15. The van der Waals surface area contributed by atoms with Crippen molar-refractivity contribution >= 4 is 28.4 Å². The minimum Gasteiger partial charge on any atom is -0.450 e. The van der Waals surface area contributed by atoms with Crippen molar-refractivity contribution in [1.29, 1.82) is 0 Å². The van der Waals surface area contributed by atoms with Crippen molar-refractivity contribution in [2.24, 2.45) is 0 Å². The van der Waals surface area contributed by atoms with E-state index in [-0.39, 0.29) is 11.8 Å². The highest BCUT2D eigenvalue weighted by atomic mass is 32.1. The fraction of sp³-hybridized carbons (Fsp3) is 0.444. The van der Waals surface area contributed by atoms with Crippen molar-refractivity contribution in [3.05, 3.63) is 27.9 Å². The Morgan fingerprint density at radius 1 is 1.13 bits per heavy atom. The summed E-state index contributed by atoms with van der Waals surface area (Å²) in [6.45, 7) is 0. The number of allylic oxidation sites excluding steroid dienone is 1. The number of rotatable bonds is 3. The SMILES string of the molecule is O=C(Nc1sc2c(c1-c1nc(C(F)(F)F)no1)CCCC2)C1=CCCC1.O=C(O)O. The molecule has 4 rings (SSSR count). The van der Waals surface area contributed by atoms with Gasteiger partial charge in [0.2, 0.25) is 0 Å². The quantitative estimate of drug-likeness (QED) is 0.609. The lowest BCUT2D eigenvalue weighted by Crippen LogP contribution is -2.13. The molecule has 1 amide bonds. The lowest BCUT2D eigenvalue weighted by Gasteiger charge is -2.11. The van der Waals surface area contributed by atoms with E-state index in [4.69, 9.17) is 19.5 Å². The van der Waals surface area contributed by atoms with Gasteiger partial charge in [-0.2, -0.15) is 18.2 Å². The third-order valence-corrected chi connectivity index (χ3v) is 5.83. The summed E-state index contributed by atoms with van der Waals surface area (Å²) in [6, 6.07) is 0. The average molecular weight is 445 g/mol. The first-order chi connectivity index (χ1) is 14.2. The summed E-state index contributed by atoms with van der Waals surface area (Å²) < 4.78 is 43.4. The van der Waals surface area contributed by atoms with E-state index >= 15 is 0 Å². The number of halogens is 3. The molecule has 0 radical (unpaired) electrons. The van der Waals surface area contributed by atoms with Gasteiger partial charge >= 0.3 is 12.3 Å². The summed E-state index contributed by atoms with van der Waals surface area (Å²) in [5.74, 6) is -1.70. The third kappa shape index (κ3) is 4.99. The fourth-order valence-electron chi connectivity index (χ4n) is 3.38. The van der Waals surface area contributed by atoms with Crippen molar-refractivity contribution in [2.45, 2.75) is 51.1 Å². The lowest BCUT2D eigenvalue weighted by atomic mass is 9.95. The molecule has 2 heterocycles. The number of hydrogen-bond donors (Lipinski definition) is 3. The monoisotopic (exact) mass is 445 g/mol. The predicted molar refractivity (Wildman–Crippen MR) is 100 cm³/mol. The molecular weight excluding hydrogens is 427 g/mol. The first kappa shape index (κ1) is 21.8. The van der Waals surface area contributed by atoms with E-state index in [0.717, 1.165) is 49.0 Å². The van der Waals surface area contributed by atoms with E-state index in [2.05, 4.69) is 15.5 Å². The minimum absolute atomic E-state index is 0.188. The number of carbonyl (C=O) groups is 2. The molecule has 0 spiro atoms. The Labute approximate surface area is 172 Å². The topological polar surface area (TPSA) is 126 Å². The lowest BCUT2D eigenvalue weighted by molar-refractivity contribution is -0.146. The van der Waals surface area contributed by atoms with Crippen molar-refractivity contribution in [3.8, 4) is 11.5 Å². The number of amides is 1. The number of carbonyl (C=O) groups excluding carboxylic acids is 1. The molecule has 30 heavy (non-hydrogen) atoms. The summed E-state index contributed by atoms with van der Waals surface area (Å²) in [4.78, 5) is 25.6. The van der Waals surface area contributed by atoms with Crippen molar-refractivity contribution in [3.63, 3.8) is 0 Å². The molecule has 2 aromatic heterocycles. The number of aromatic nitrogens is 2. The van der Waals surface area contributed by atoms with E-state index in [1.165, 1.54) is 11.3 Å². The van der Waals surface area contributed by atoms with Gasteiger partial charge in [0, 0.05) is 10.5 Å². The molecule has 0 atom stereocenters. The van der Waals surface area contributed by atoms with Crippen molar-refractivity contribution < 1.29 is 37.5 Å². The van der Waals surface area contributed by atoms with E-state index < -0.39 is 18.2 Å². The third-order valence-electron chi connectivity index (χ3n) is 4.62. The van der Waals surface area contributed by atoms with E-state index in [1.807, 2.05) is 6.08 Å². The Kier molecular flexibility index (Phi) is 6.44. The van der Waals surface area contributed by atoms with Gasteiger partial charge in [-0.3, -0.25) is 4.79 Å². The molecule has 2 aliphatic rings. The molecule has 2 aromatic rings. The molecule has 0 saturated heterocycles. The summed E-state index contributed by atoms with van der Waals surface area (Å²) in [6.07, 6.45) is 1.44. The van der Waals surface area contributed by atoms with E-state index in [1.54, 1.807) is 0 Å². The molecule has 0 aliphatic heterocycles. The van der Waals surface area contributed by atoms with Gasteiger partial charge in [-0.25, -0.2) is 4.79 Å². The molecule has 2 aliphatic carbocycles. The maximum atomic E-state index is 12.8. The van der Waals surface area contributed by atoms with Crippen molar-refractivity contribution in [1.82, 2.24) is 10.1 Å². The highest BCUT2D eigenvalue weighted by Gasteiger charge is 2.38. The Hall–Kier alpha value is -2.89. The van der Waals surface area contributed by atoms with Crippen molar-refractivity contribution in [2.75, 3.05) is 5.32 Å². The second kappa shape index (κ2) is 8.86. The fourth-order valence-corrected chi connectivity index (χ4v) is 4.66. The number of hydrogen-bond acceptors (Lipinski definition) is 6. The Morgan fingerprint density at radius 3 is 2.43 bits per heavy atom. The normalized spacial score (nSPS) is 15.6. The zero-order chi connectivity index (χ0) is 21.9. The Morgan fingerprint density at radius 2 is 1.83 bits per heavy atom. The van der Waals surface area contributed by atoms with Crippen LogP contribution in [-0.4, -0.2) is 32.4 Å². The summed E-state index contributed by atoms with van der Waals surface area (Å²) in [5.41, 5.74) is 2.07. The molecule has 0 fully saturated rings. The summed E-state index contributed by atoms with van der Waals surface area (Å²) >= 11 is 1.39. The summed E-state index contributed by atoms with van der Waals surface area (Å²) in [7, 11) is 0. The van der Waals surface area contributed by atoms with Gasteiger partial charge < -0.3 is 20.1 Å². The van der Waals surface area contributed by atoms with Crippen LogP contribution in [0.4, 0.5) is 23.0 Å². The second-order valence-corrected chi connectivity index (χ2v) is 7.80. The number of fused-ring (bicyclic) bond motifs is 1. The molecule has 3 N–H and O–H groups in total. The maximum absolute atomic E-state index is 12.8. The predicted octanol–water partition coefficient (Wildman–Crippen LogP) is 4.97. The molecule has 162 valence electrons. The second-order valence-electron chi connectivity index (χ2n) is 6.69. The zero-order valence-electron chi connectivity index (χ0n) is 15.6. The van der Waals surface area contributed by atoms with Crippen LogP contribution in [0.2, 0.25) is 0 Å². The Balaban J connectivity index is 0.000000589. The van der Waals surface area contributed by atoms with Gasteiger partial charge in [0.05, 0.1) is 5.56 Å². The van der Waals surface area contributed by atoms with E-state index in [0.29, 0.717) is 22.6 Å². The standard InChI is InChI=1S/C17H16F3N3O2S.CH2O3/c18-17(19,20)16-22-14(25-23-16)12-10-7-3-4-8-11(10)26-15(12)21-13(24)9-5-1-2-6-9;2-1(3)4/h5H,1-4,6-8H2,(H,21,24);(H2,2,3,4). The number of nitrogens with one attached hydrogen (secondary N) is 1. The van der Waals surface area contributed by atoms with Crippen LogP contribution in [0.25, 0.3) is 11.5 Å². The van der Waals surface area contributed by atoms with Crippen LogP contribution in [-0.2, 0) is 23.8 Å².